The SMILES string of the molecule is Cc1cccc(NC(=S)N[C@H](NC(=O)CCc2ccccc2)C(Cl)(Cl)Cl)c1. The monoisotopic (exact) mass is 443 g/mol. The van der Waals surface area contributed by atoms with Gasteiger partial charge in [0.1, 0.15) is 6.17 Å². The summed E-state index contributed by atoms with van der Waals surface area (Å²) in [6.45, 7) is 1.97. The van der Waals surface area contributed by atoms with Gasteiger partial charge in [0.25, 0.3) is 0 Å². The van der Waals surface area contributed by atoms with Crippen molar-refractivity contribution < 1.29 is 4.79 Å². The van der Waals surface area contributed by atoms with Crippen LogP contribution in [0.3, 0.4) is 0 Å². The second-order valence-electron chi connectivity index (χ2n) is 6.00. The lowest BCUT2D eigenvalue weighted by Crippen LogP contribution is -2.56. The maximum atomic E-state index is 12.3. The molecule has 0 aliphatic carbocycles. The molecule has 0 saturated carbocycles. The fraction of sp³-hybridized carbons (Fsp3) is 0.263. The van der Waals surface area contributed by atoms with E-state index >= 15 is 0 Å². The van der Waals surface area contributed by atoms with Crippen LogP contribution in [0.25, 0.3) is 0 Å². The number of carbonyl (C=O) groups is 1. The third kappa shape index (κ3) is 7.93. The van der Waals surface area contributed by atoms with E-state index in [1.54, 1.807) is 0 Å². The second kappa shape index (κ2) is 10.1. The zero-order valence-electron chi connectivity index (χ0n) is 14.6. The second-order valence-corrected chi connectivity index (χ2v) is 8.77. The predicted molar refractivity (Wildman–Crippen MR) is 118 cm³/mol. The number of aryl methyl sites for hydroxylation is 2. The molecule has 2 aromatic carbocycles. The molecule has 1 amide bonds. The Morgan fingerprint density at radius 2 is 1.78 bits per heavy atom. The van der Waals surface area contributed by atoms with Gasteiger partial charge in [0.15, 0.2) is 5.11 Å². The molecule has 0 heterocycles. The number of thiocarbonyl (C=S) groups is 1. The number of hydrogen-bond acceptors (Lipinski definition) is 2. The summed E-state index contributed by atoms with van der Waals surface area (Å²) < 4.78 is -1.78. The molecule has 0 bridgehead atoms. The molecule has 0 fully saturated rings. The van der Waals surface area contributed by atoms with Gasteiger partial charge in [-0.3, -0.25) is 4.79 Å². The average Bonchev–Trinajstić information content (AvgIpc) is 2.59. The van der Waals surface area contributed by atoms with E-state index in [2.05, 4.69) is 16.0 Å². The van der Waals surface area contributed by atoms with Crippen LogP contribution < -0.4 is 16.0 Å². The van der Waals surface area contributed by atoms with Gasteiger partial charge in [0, 0.05) is 12.1 Å². The van der Waals surface area contributed by atoms with Crippen LogP contribution in [0.2, 0.25) is 0 Å². The van der Waals surface area contributed by atoms with Crippen LogP contribution in [0.4, 0.5) is 5.69 Å². The number of hydrogen-bond donors (Lipinski definition) is 3. The number of anilines is 1. The van der Waals surface area contributed by atoms with Crippen molar-refractivity contribution in [3.63, 3.8) is 0 Å². The summed E-state index contributed by atoms with van der Waals surface area (Å²) in [5.74, 6) is -0.249. The van der Waals surface area contributed by atoms with Crippen LogP contribution in [-0.2, 0) is 11.2 Å². The Morgan fingerprint density at radius 3 is 2.41 bits per heavy atom. The zero-order chi connectivity index (χ0) is 19.9. The Balaban J connectivity index is 1.92. The Bertz CT molecular complexity index is 781. The van der Waals surface area contributed by atoms with E-state index in [0.29, 0.717) is 6.42 Å². The summed E-state index contributed by atoms with van der Waals surface area (Å²) in [5, 5.41) is 8.77. The Morgan fingerprint density at radius 1 is 1.07 bits per heavy atom. The van der Waals surface area contributed by atoms with Crippen LogP contribution in [0.1, 0.15) is 17.5 Å². The number of alkyl halides is 3. The van der Waals surface area contributed by atoms with Gasteiger partial charge in [0.05, 0.1) is 0 Å². The number of amides is 1. The molecule has 0 unspecified atom stereocenters. The minimum absolute atomic E-state index is 0.236. The summed E-state index contributed by atoms with van der Waals surface area (Å²) in [5.41, 5.74) is 2.93. The van der Waals surface area contributed by atoms with Crippen molar-refractivity contribution in [3.05, 3.63) is 65.7 Å². The van der Waals surface area contributed by atoms with E-state index in [9.17, 15) is 4.79 Å². The third-order valence-corrected chi connectivity index (χ3v) is 4.54. The van der Waals surface area contributed by atoms with E-state index < -0.39 is 9.96 Å². The van der Waals surface area contributed by atoms with Gasteiger partial charge in [-0.15, -0.1) is 0 Å². The lowest BCUT2D eigenvalue weighted by Gasteiger charge is -2.27. The molecule has 0 aromatic heterocycles. The molecule has 144 valence electrons. The Hall–Kier alpha value is -1.53. The number of halogens is 3. The zero-order valence-corrected chi connectivity index (χ0v) is 17.7. The molecule has 4 nitrogen and oxygen atoms in total. The molecule has 0 radical (unpaired) electrons. The van der Waals surface area contributed by atoms with Gasteiger partial charge < -0.3 is 16.0 Å². The van der Waals surface area contributed by atoms with Crippen molar-refractivity contribution in [3.8, 4) is 0 Å². The number of rotatable bonds is 6. The normalized spacial score (nSPS) is 12.1. The minimum Gasteiger partial charge on any atom is -0.339 e. The van der Waals surface area contributed by atoms with Crippen molar-refractivity contribution in [2.45, 2.75) is 29.7 Å². The highest BCUT2D eigenvalue weighted by atomic mass is 35.6. The van der Waals surface area contributed by atoms with Crippen LogP contribution in [-0.4, -0.2) is 21.0 Å². The fourth-order valence-corrected chi connectivity index (χ4v) is 2.92. The molecule has 0 spiro atoms. The van der Waals surface area contributed by atoms with Gasteiger partial charge in [-0.2, -0.15) is 0 Å². The number of carbonyl (C=O) groups excluding carboxylic acids is 1. The molecule has 3 N–H and O–H groups in total. The van der Waals surface area contributed by atoms with Crippen molar-refractivity contribution in [1.82, 2.24) is 10.6 Å². The van der Waals surface area contributed by atoms with E-state index in [4.69, 9.17) is 47.0 Å². The molecule has 0 aliphatic rings. The molecule has 0 aliphatic heterocycles. The molecule has 2 rings (SSSR count). The summed E-state index contributed by atoms with van der Waals surface area (Å²) >= 11 is 23.3. The lowest BCUT2D eigenvalue weighted by molar-refractivity contribution is -0.121. The summed E-state index contributed by atoms with van der Waals surface area (Å²) in [6.07, 6.45) is -0.123. The highest BCUT2D eigenvalue weighted by molar-refractivity contribution is 7.80. The molecule has 27 heavy (non-hydrogen) atoms. The highest BCUT2D eigenvalue weighted by Gasteiger charge is 2.34. The van der Waals surface area contributed by atoms with Crippen LogP contribution in [0, 0.1) is 6.92 Å². The molecular weight excluding hydrogens is 425 g/mol. The van der Waals surface area contributed by atoms with E-state index in [1.165, 1.54) is 0 Å². The maximum Gasteiger partial charge on any atom is 0.228 e. The Labute approximate surface area is 179 Å². The van der Waals surface area contributed by atoms with Crippen molar-refractivity contribution >= 4 is 63.7 Å². The first-order chi connectivity index (χ1) is 12.7. The van der Waals surface area contributed by atoms with E-state index in [-0.39, 0.29) is 17.4 Å². The van der Waals surface area contributed by atoms with Gasteiger partial charge in [0.2, 0.25) is 9.70 Å². The number of nitrogens with one attached hydrogen (secondary N) is 3. The summed E-state index contributed by atoms with van der Waals surface area (Å²) in [4.78, 5) is 12.3. The quantitative estimate of drug-likeness (QED) is 0.343. The number of benzene rings is 2. The van der Waals surface area contributed by atoms with Crippen LogP contribution in [0.5, 0.6) is 0 Å². The van der Waals surface area contributed by atoms with Crippen molar-refractivity contribution in [2.24, 2.45) is 0 Å². The van der Waals surface area contributed by atoms with Crippen LogP contribution >= 0.6 is 47.0 Å². The standard InChI is InChI=1S/C19H20Cl3N3OS/c1-13-6-5-9-15(12-13)23-18(27)25-17(19(20,21)22)24-16(26)11-10-14-7-3-2-4-8-14/h2-9,12,17H,10-11H2,1H3,(H,24,26)(H2,23,25,27)/t17-/m0/s1. The molecular formula is C19H20Cl3N3OS. The molecule has 8 heteroatoms. The average molecular weight is 445 g/mol. The molecule has 0 saturated heterocycles. The highest BCUT2D eigenvalue weighted by Crippen LogP contribution is 2.29. The first-order valence-corrected chi connectivity index (χ1v) is 9.82. The Kier molecular flexibility index (Phi) is 8.17. The van der Waals surface area contributed by atoms with Gasteiger partial charge in [-0.1, -0.05) is 77.3 Å². The molecule has 1 atom stereocenters. The summed E-state index contributed by atoms with van der Waals surface area (Å²) in [6, 6.07) is 17.4. The van der Waals surface area contributed by atoms with Crippen LogP contribution in [0.15, 0.2) is 54.6 Å². The van der Waals surface area contributed by atoms with E-state index in [0.717, 1.165) is 16.8 Å². The fourth-order valence-electron chi connectivity index (χ4n) is 2.36. The van der Waals surface area contributed by atoms with Gasteiger partial charge in [-0.25, -0.2) is 0 Å². The maximum absolute atomic E-state index is 12.3. The van der Waals surface area contributed by atoms with E-state index in [1.807, 2.05) is 61.5 Å². The first kappa shape index (κ1) is 21.8. The van der Waals surface area contributed by atoms with Crippen molar-refractivity contribution in [2.75, 3.05) is 5.32 Å². The largest absolute Gasteiger partial charge is 0.339 e. The smallest absolute Gasteiger partial charge is 0.228 e. The van der Waals surface area contributed by atoms with Gasteiger partial charge in [-0.05, 0) is 48.8 Å². The predicted octanol–water partition coefficient (Wildman–Crippen LogP) is 4.73. The third-order valence-electron chi connectivity index (χ3n) is 3.67. The molecule has 2 aromatic rings. The minimum atomic E-state index is -1.78. The first-order valence-electron chi connectivity index (χ1n) is 8.28. The summed E-state index contributed by atoms with van der Waals surface area (Å²) in [7, 11) is 0. The lowest BCUT2D eigenvalue weighted by atomic mass is 10.1. The van der Waals surface area contributed by atoms with Gasteiger partial charge >= 0.3 is 0 Å². The van der Waals surface area contributed by atoms with Crippen molar-refractivity contribution in [1.29, 1.82) is 0 Å². The topological polar surface area (TPSA) is 53.2 Å².